The largest absolute Gasteiger partial charge is 0.463 e. The van der Waals surface area contributed by atoms with Crippen molar-refractivity contribution in [3.63, 3.8) is 0 Å². The molecule has 170 valence electrons. The van der Waals surface area contributed by atoms with Crippen LogP contribution in [0.1, 0.15) is 48.0 Å². The fraction of sp³-hybridized carbons (Fsp3) is 0.864. The third-order valence-electron chi connectivity index (χ3n) is 6.26. The van der Waals surface area contributed by atoms with Gasteiger partial charge >= 0.3 is 5.97 Å². The van der Waals surface area contributed by atoms with Crippen LogP contribution in [-0.4, -0.2) is 58.0 Å². The van der Waals surface area contributed by atoms with Crippen LogP contribution in [0.2, 0.25) is 43.8 Å². The molecule has 7 heteroatoms. The van der Waals surface area contributed by atoms with Gasteiger partial charge < -0.3 is 19.0 Å². The zero-order chi connectivity index (χ0) is 22.9. The summed E-state index contributed by atoms with van der Waals surface area (Å²) in [7, 11) is -3.66. The lowest BCUT2D eigenvalue weighted by Gasteiger charge is -2.41. The van der Waals surface area contributed by atoms with E-state index in [1.807, 2.05) is 20.8 Å². The van der Waals surface area contributed by atoms with E-state index in [2.05, 4.69) is 53.5 Å². The molecule has 0 unspecified atom stereocenters. The van der Waals surface area contributed by atoms with Crippen molar-refractivity contribution in [3.8, 4) is 0 Å². The van der Waals surface area contributed by atoms with E-state index >= 15 is 0 Å². The first-order valence-corrected chi connectivity index (χ1v) is 17.4. The molecule has 29 heavy (non-hydrogen) atoms. The highest BCUT2D eigenvalue weighted by Gasteiger charge is 2.64. The van der Waals surface area contributed by atoms with Gasteiger partial charge in [-0.3, -0.25) is 0 Å². The summed E-state index contributed by atoms with van der Waals surface area (Å²) in [5.74, 6) is -0.321. The SMILES string of the molecule is CCOC(=O)/C=C(\C[Si](C)(C)C)[C@H](C[C@]1(CO)OC1(C)C)O[Si](C)(C)C(C)(C)C. The Kier molecular flexibility index (Phi) is 8.19. The van der Waals surface area contributed by atoms with Gasteiger partial charge in [-0.05, 0) is 50.5 Å². The van der Waals surface area contributed by atoms with Crippen molar-refractivity contribution in [2.24, 2.45) is 0 Å². The topological polar surface area (TPSA) is 68.3 Å². The van der Waals surface area contributed by atoms with Crippen LogP contribution in [0.15, 0.2) is 11.6 Å². The summed E-state index contributed by atoms with van der Waals surface area (Å²) >= 11 is 0. The monoisotopic (exact) mass is 444 g/mol. The number of hydrogen-bond donors (Lipinski definition) is 1. The molecule has 0 bridgehead atoms. The van der Waals surface area contributed by atoms with E-state index in [1.165, 1.54) is 0 Å². The molecule has 0 amide bonds. The second kappa shape index (κ2) is 8.95. The molecule has 5 nitrogen and oxygen atoms in total. The van der Waals surface area contributed by atoms with Crippen molar-refractivity contribution < 1.29 is 23.8 Å². The molecule has 1 aliphatic rings. The molecule has 1 rings (SSSR count). The number of rotatable bonds is 10. The Morgan fingerprint density at radius 3 is 2.03 bits per heavy atom. The summed E-state index contributed by atoms with van der Waals surface area (Å²) < 4.78 is 18.0. The first-order valence-electron chi connectivity index (χ1n) is 10.8. The van der Waals surface area contributed by atoms with Crippen molar-refractivity contribution in [3.05, 3.63) is 11.6 Å². The number of ether oxygens (including phenoxy) is 2. The summed E-state index contributed by atoms with van der Waals surface area (Å²) in [6.07, 6.45) is 1.90. The van der Waals surface area contributed by atoms with E-state index in [0.717, 1.165) is 11.6 Å². The minimum atomic E-state index is -2.12. The number of aliphatic hydroxyl groups is 1. The predicted octanol–water partition coefficient (Wildman–Crippen LogP) is 5.13. The summed E-state index contributed by atoms with van der Waals surface area (Å²) in [5.41, 5.74) is -0.0512. The van der Waals surface area contributed by atoms with Crippen LogP contribution in [0.3, 0.4) is 0 Å². The van der Waals surface area contributed by atoms with Crippen molar-refractivity contribution in [1.29, 1.82) is 0 Å². The second-order valence-electron chi connectivity index (χ2n) is 11.5. The zero-order valence-corrected chi connectivity index (χ0v) is 22.6. The average Bonchev–Trinajstić information content (AvgIpc) is 3.04. The fourth-order valence-electron chi connectivity index (χ4n) is 3.32. The van der Waals surface area contributed by atoms with Gasteiger partial charge in [0.1, 0.15) is 5.60 Å². The van der Waals surface area contributed by atoms with Crippen molar-refractivity contribution in [1.82, 2.24) is 0 Å². The molecule has 1 aliphatic heterocycles. The summed E-state index contributed by atoms with van der Waals surface area (Å²) in [6.45, 7) is 24.0. The normalized spacial score (nSPS) is 23.7. The third-order valence-corrected chi connectivity index (χ3v) is 12.2. The molecule has 0 aliphatic carbocycles. The quantitative estimate of drug-likeness (QED) is 0.219. The zero-order valence-electron chi connectivity index (χ0n) is 20.6. The smallest absolute Gasteiger partial charge is 0.330 e. The van der Waals surface area contributed by atoms with E-state index in [0.29, 0.717) is 13.0 Å². The summed E-state index contributed by atoms with van der Waals surface area (Å²) in [5, 5.41) is 10.1. The van der Waals surface area contributed by atoms with E-state index in [4.69, 9.17) is 13.9 Å². The third kappa shape index (κ3) is 7.02. The van der Waals surface area contributed by atoms with Crippen LogP contribution in [-0.2, 0) is 18.7 Å². The maximum atomic E-state index is 12.4. The van der Waals surface area contributed by atoms with Crippen LogP contribution >= 0.6 is 0 Å². The number of carbonyl (C=O) groups excluding carboxylic acids is 1. The van der Waals surface area contributed by atoms with Crippen molar-refractivity contribution in [2.75, 3.05) is 13.2 Å². The number of esters is 1. The van der Waals surface area contributed by atoms with Crippen LogP contribution < -0.4 is 0 Å². The number of aliphatic hydroxyl groups excluding tert-OH is 1. The molecule has 0 aromatic carbocycles. The minimum Gasteiger partial charge on any atom is -0.463 e. The van der Waals surface area contributed by atoms with Gasteiger partial charge in [-0.25, -0.2) is 4.79 Å². The molecule has 0 radical (unpaired) electrons. The molecule has 1 fully saturated rings. The molecule has 0 aromatic heterocycles. The number of carbonyl (C=O) groups is 1. The van der Waals surface area contributed by atoms with Gasteiger partial charge in [-0.2, -0.15) is 0 Å². The fourth-order valence-corrected chi connectivity index (χ4v) is 6.18. The lowest BCUT2D eigenvalue weighted by Crippen LogP contribution is -2.47. The maximum absolute atomic E-state index is 12.4. The minimum absolute atomic E-state index is 0.0335. The first kappa shape index (κ1) is 26.6. The number of epoxide rings is 1. The Labute approximate surface area is 180 Å². The van der Waals surface area contributed by atoms with Gasteiger partial charge in [0.25, 0.3) is 0 Å². The van der Waals surface area contributed by atoms with E-state index in [1.54, 1.807) is 6.08 Å². The van der Waals surface area contributed by atoms with E-state index < -0.39 is 27.6 Å². The molecular formula is C22H44O5Si2. The van der Waals surface area contributed by atoms with Gasteiger partial charge in [0, 0.05) is 20.6 Å². The Morgan fingerprint density at radius 1 is 1.17 bits per heavy atom. The molecule has 1 heterocycles. The highest BCUT2D eigenvalue weighted by atomic mass is 28.4. The lowest BCUT2D eigenvalue weighted by molar-refractivity contribution is -0.137. The van der Waals surface area contributed by atoms with Crippen molar-refractivity contribution in [2.45, 2.75) is 109 Å². The van der Waals surface area contributed by atoms with Crippen LogP contribution in [0.25, 0.3) is 0 Å². The Bertz CT molecular complexity index is 610. The molecule has 1 N–H and O–H groups in total. The van der Waals surface area contributed by atoms with Crippen LogP contribution in [0.4, 0.5) is 0 Å². The predicted molar refractivity (Wildman–Crippen MR) is 125 cm³/mol. The molecule has 2 atom stereocenters. The Balaban J connectivity index is 3.38. The lowest BCUT2D eigenvalue weighted by atomic mass is 9.89. The molecule has 0 aromatic rings. The standard InChI is InChI=1S/C22H44O5Si2/c1-12-25-19(24)13-17(15-28(7,8)9)18(26-29(10,11)20(2,3)4)14-22(16-23)21(5,6)27-22/h13,18,23H,12,14-16H2,1-11H3/b17-13+/t18-,22+/m0/s1. The van der Waals surface area contributed by atoms with Gasteiger partial charge in [0.15, 0.2) is 8.32 Å². The van der Waals surface area contributed by atoms with Gasteiger partial charge in [0.05, 0.1) is 24.9 Å². The first-order chi connectivity index (χ1) is 12.9. The second-order valence-corrected chi connectivity index (χ2v) is 21.8. The van der Waals surface area contributed by atoms with Crippen LogP contribution in [0.5, 0.6) is 0 Å². The molecular weight excluding hydrogens is 400 g/mol. The van der Waals surface area contributed by atoms with Gasteiger partial charge in [0.2, 0.25) is 0 Å². The van der Waals surface area contributed by atoms with Gasteiger partial charge in [-0.15, -0.1) is 0 Å². The van der Waals surface area contributed by atoms with Crippen LogP contribution in [0, 0.1) is 0 Å². The highest BCUT2D eigenvalue weighted by Crippen LogP contribution is 2.52. The molecule has 1 saturated heterocycles. The van der Waals surface area contributed by atoms with E-state index in [9.17, 15) is 9.90 Å². The summed E-state index contributed by atoms with van der Waals surface area (Å²) in [4.78, 5) is 12.4. The Morgan fingerprint density at radius 2 is 1.69 bits per heavy atom. The maximum Gasteiger partial charge on any atom is 0.330 e. The highest BCUT2D eigenvalue weighted by molar-refractivity contribution is 6.76. The van der Waals surface area contributed by atoms with Crippen molar-refractivity contribution >= 4 is 22.4 Å². The van der Waals surface area contributed by atoms with Gasteiger partial charge in [-0.1, -0.05) is 40.4 Å². The molecule has 0 spiro atoms. The average molecular weight is 445 g/mol. The summed E-state index contributed by atoms with van der Waals surface area (Å²) in [6, 6.07) is 0.840. The number of hydrogen-bond acceptors (Lipinski definition) is 5. The Hall–Kier alpha value is -0.476. The molecule has 0 saturated carbocycles. The van der Waals surface area contributed by atoms with E-state index in [-0.39, 0.29) is 23.7 Å².